The van der Waals surface area contributed by atoms with Crippen LogP contribution in [0.25, 0.3) is 0 Å². The molecule has 2 rings (SSSR count). The fourth-order valence-corrected chi connectivity index (χ4v) is 2.10. The van der Waals surface area contributed by atoms with E-state index in [1.807, 2.05) is 0 Å². The fourth-order valence-electron chi connectivity index (χ4n) is 2.10. The molecule has 1 saturated carbocycles. The lowest BCUT2D eigenvalue weighted by Gasteiger charge is -2.15. The summed E-state index contributed by atoms with van der Waals surface area (Å²) in [6.45, 7) is 2.24. The van der Waals surface area contributed by atoms with Gasteiger partial charge in [0.1, 0.15) is 0 Å². The van der Waals surface area contributed by atoms with Crippen molar-refractivity contribution in [2.75, 3.05) is 0 Å². The highest BCUT2D eigenvalue weighted by atomic mass is 14.3. The molecule has 0 bridgehead atoms. The first-order chi connectivity index (χ1) is 4.86. The molecule has 54 valence electrons. The van der Waals surface area contributed by atoms with Crippen LogP contribution in [0.1, 0.15) is 32.6 Å². The van der Waals surface area contributed by atoms with Gasteiger partial charge in [0.25, 0.3) is 0 Å². The summed E-state index contributed by atoms with van der Waals surface area (Å²) in [5.74, 6) is 0.935. The maximum atomic E-state index is 2.34. The van der Waals surface area contributed by atoms with Crippen LogP contribution in [0.15, 0.2) is 23.3 Å². The van der Waals surface area contributed by atoms with Crippen molar-refractivity contribution < 1.29 is 0 Å². The zero-order valence-corrected chi connectivity index (χ0v) is 6.56. The van der Waals surface area contributed by atoms with Crippen LogP contribution in [0.4, 0.5) is 0 Å². The Labute approximate surface area is 62.6 Å². The third-order valence-corrected chi connectivity index (χ3v) is 2.69. The second-order valence-electron chi connectivity index (χ2n) is 3.55. The smallest absolute Gasteiger partial charge is 0.0163 e. The van der Waals surface area contributed by atoms with Gasteiger partial charge >= 0.3 is 0 Å². The van der Waals surface area contributed by atoms with Crippen molar-refractivity contribution in [2.24, 2.45) is 5.92 Å². The lowest BCUT2D eigenvalue weighted by atomic mass is 9.90. The topological polar surface area (TPSA) is 0 Å². The highest BCUT2D eigenvalue weighted by Crippen LogP contribution is 2.37. The van der Waals surface area contributed by atoms with Crippen molar-refractivity contribution >= 4 is 0 Å². The molecule has 0 heteroatoms. The van der Waals surface area contributed by atoms with Crippen molar-refractivity contribution in [3.8, 4) is 0 Å². The zero-order chi connectivity index (χ0) is 6.97. The van der Waals surface area contributed by atoms with Gasteiger partial charge in [-0.3, -0.25) is 0 Å². The number of fused-ring (bicyclic) bond motifs is 1. The van der Waals surface area contributed by atoms with Crippen LogP contribution >= 0.6 is 0 Å². The summed E-state index contributed by atoms with van der Waals surface area (Å²) in [5.41, 5.74) is 3.28. The minimum Gasteiger partial charge on any atom is -0.0727 e. The Bertz CT molecular complexity index is 196. The van der Waals surface area contributed by atoms with Crippen LogP contribution < -0.4 is 0 Å². The SMILES string of the molecule is CC1=CC=C2CCCC2C1. The van der Waals surface area contributed by atoms with Gasteiger partial charge < -0.3 is 0 Å². The van der Waals surface area contributed by atoms with Gasteiger partial charge in [0.15, 0.2) is 0 Å². The average Bonchev–Trinajstić information content (AvgIpc) is 2.33. The highest BCUT2D eigenvalue weighted by Gasteiger charge is 2.22. The number of hydrogen-bond acceptors (Lipinski definition) is 0. The van der Waals surface area contributed by atoms with E-state index in [-0.39, 0.29) is 0 Å². The first kappa shape index (κ1) is 6.21. The molecule has 0 nitrogen and oxygen atoms in total. The van der Waals surface area contributed by atoms with E-state index in [1.54, 1.807) is 11.1 Å². The van der Waals surface area contributed by atoms with E-state index in [4.69, 9.17) is 0 Å². The quantitative estimate of drug-likeness (QED) is 0.477. The third kappa shape index (κ3) is 0.920. The van der Waals surface area contributed by atoms with E-state index in [1.165, 1.54) is 25.7 Å². The second-order valence-corrected chi connectivity index (χ2v) is 3.55. The molecule has 1 unspecified atom stereocenters. The highest BCUT2D eigenvalue weighted by molar-refractivity contribution is 5.27. The summed E-state index contributed by atoms with van der Waals surface area (Å²) in [6.07, 6.45) is 10.2. The van der Waals surface area contributed by atoms with Gasteiger partial charge in [-0.2, -0.15) is 0 Å². The summed E-state index contributed by atoms with van der Waals surface area (Å²) >= 11 is 0. The number of rotatable bonds is 0. The molecule has 0 aliphatic heterocycles. The minimum atomic E-state index is 0.935. The van der Waals surface area contributed by atoms with Crippen molar-refractivity contribution in [3.05, 3.63) is 23.3 Å². The van der Waals surface area contributed by atoms with Gasteiger partial charge in [0.05, 0.1) is 0 Å². The van der Waals surface area contributed by atoms with Crippen molar-refractivity contribution in [3.63, 3.8) is 0 Å². The van der Waals surface area contributed by atoms with Crippen LogP contribution in [0.3, 0.4) is 0 Å². The molecule has 1 fully saturated rings. The van der Waals surface area contributed by atoms with Crippen molar-refractivity contribution in [1.82, 2.24) is 0 Å². The van der Waals surface area contributed by atoms with Crippen LogP contribution in [-0.2, 0) is 0 Å². The monoisotopic (exact) mass is 134 g/mol. The summed E-state index contributed by atoms with van der Waals surface area (Å²) in [5, 5.41) is 0. The average molecular weight is 134 g/mol. The molecule has 0 radical (unpaired) electrons. The summed E-state index contributed by atoms with van der Waals surface area (Å²) in [7, 11) is 0. The van der Waals surface area contributed by atoms with Crippen molar-refractivity contribution in [1.29, 1.82) is 0 Å². The predicted molar refractivity (Wildman–Crippen MR) is 43.8 cm³/mol. The molecule has 2 aliphatic rings. The van der Waals surface area contributed by atoms with Crippen LogP contribution in [-0.4, -0.2) is 0 Å². The van der Waals surface area contributed by atoms with E-state index in [0.717, 1.165) is 5.92 Å². The van der Waals surface area contributed by atoms with Gasteiger partial charge in [0.2, 0.25) is 0 Å². The Hall–Kier alpha value is -0.520. The van der Waals surface area contributed by atoms with Crippen LogP contribution in [0.5, 0.6) is 0 Å². The largest absolute Gasteiger partial charge is 0.0727 e. The Kier molecular flexibility index (Phi) is 1.40. The molecular weight excluding hydrogens is 120 g/mol. The Balaban J connectivity index is 2.22. The Morgan fingerprint density at radius 1 is 1.40 bits per heavy atom. The lowest BCUT2D eigenvalue weighted by Crippen LogP contribution is -2.00. The van der Waals surface area contributed by atoms with Crippen LogP contribution in [0, 0.1) is 5.92 Å². The maximum Gasteiger partial charge on any atom is -0.0163 e. The van der Waals surface area contributed by atoms with E-state index < -0.39 is 0 Å². The van der Waals surface area contributed by atoms with Gasteiger partial charge in [-0.1, -0.05) is 23.3 Å². The third-order valence-electron chi connectivity index (χ3n) is 2.69. The van der Waals surface area contributed by atoms with E-state index in [0.29, 0.717) is 0 Å². The summed E-state index contributed by atoms with van der Waals surface area (Å²) in [6, 6.07) is 0. The van der Waals surface area contributed by atoms with E-state index >= 15 is 0 Å². The standard InChI is InChI=1S/C10H14/c1-8-5-6-9-3-2-4-10(9)7-8/h5-6,10H,2-4,7H2,1H3. The molecule has 0 aromatic heterocycles. The van der Waals surface area contributed by atoms with E-state index in [2.05, 4.69) is 19.1 Å². The second kappa shape index (κ2) is 2.26. The summed E-state index contributed by atoms with van der Waals surface area (Å²) < 4.78 is 0. The van der Waals surface area contributed by atoms with Gasteiger partial charge in [-0.05, 0) is 38.5 Å². The lowest BCUT2D eigenvalue weighted by molar-refractivity contribution is 0.614. The summed E-state index contributed by atoms with van der Waals surface area (Å²) in [4.78, 5) is 0. The molecule has 0 amide bonds. The van der Waals surface area contributed by atoms with Gasteiger partial charge in [0, 0.05) is 0 Å². The molecule has 2 aliphatic carbocycles. The normalized spacial score (nSPS) is 31.1. The molecule has 0 N–H and O–H groups in total. The predicted octanol–water partition coefficient (Wildman–Crippen LogP) is 3.06. The minimum absolute atomic E-state index is 0.935. The first-order valence-electron chi connectivity index (χ1n) is 4.22. The number of hydrogen-bond donors (Lipinski definition) is 0. The van der Waals surface area contributed by atoms with Gasteiger partial charge in [-0.15, -0.1) is 0 Å². The molecule has 10 heavy (non-hydrogen) atoms. The van der Waals surface area contributed by atoms with E-state index in [9.17, 15) is 0 Å². The van der Waals surface area contributed by atoms with Crippen molar-refractivity contribution in [2.45, 2.75) is 32.6 Å². The van der Waals surface area contributed by atoms with Crippen LogP contribution in [0.2, 0.25) is 0 Å². The zero-order valence-electron chi connectivity index (χ0n) is 6.56. The maximum absolute atomic E-state index is 2.34. The molecule has 0 aromatic rings. The fraction of sp³-hybridized carbons (Fsp3) is 0.600. The molecule has 0 heterocycles. The Morgan fingerprint density at radius 3 is 3.20 bits per heavy atom. The van der Waals surface area contributed by atoms with Gasteiger partial charge in [-0.25, -0.2) is 0 Å². The molecule has 1 atom stereocenters. The Morgan fingerprint density at radius 2 is 2.30 bits per heavy atom. The molecule has 0 saturated heterocycles. The first-order valence-corrected chi connectivity index (χ1v) is 4.22. The molecule has 0 spiro atoms. The number of allylic oxidation sites excluding steroid dienone is 4. The molecular formula is C10H14. The molecule has 0 aromatic carbocycles.